The Balaban J connectivity index is 1.73. The van der Waals surface area contributed by atoms with Crippen molar-refractivity contribution in [2.75, 3.05) is 26.8 Å². The van der Waals surface area contributed by atoms with Crippen LogP contribution < -0.4 is 10.6 Å². The zero-order valence-corrected chi connectivity index (χ0v) is 14.1. The number of ether oxygens (including phenoxy) is 1. The molecule has 0 aliphatic carbocycles. The number of methoxy groups -OCH3 is 1. The molecule has 0 fully saturated rings. The van der Waals surface area contributed by atoms with E-state index in [-0.39, 0.29) is 24.8 Å². The highest BCUT2D eigenvalue weighted by atomic mass is 32.1. The third-order valence-electron chi connectivity index (χ3n) is 3.41. The first-order valence-corrected chi connectivity index (χ1v) is 8.26. The maximum atomic E-state index is 12.3. The SMILES string of the molecule is COCCNC(=O)CCNC(=O)C1(C)CC(c2cccs2)=NO1. The van der Waals surface area contributed by atoms with Crippen molar-refractivity contribution in [1.82, 2.24) is 10.6 Å². The molecule has 2 heterocycles. The molecular weight excluding hydrogens is 318 g/mol. The molecule has 2 rings (SSSR count). The van der Waals surface area contributed by atoms with Gasteiger partial charge in [0.05, 0.1) is 11.5 Å². The molecule has 0 saturated heterocycles. The van der Waals surface area contributed by atoms with Crippen LogP contribution in [-0.4, -0.2) is 49.9 Å². The van der Waals surface area contributed by atoms with Gasteiger partial charge in [0.1, 0.15) is 5.71 Å². The second-order valence-corrected chi connectivity index (χ2v) is 6.31. The van der Waals surface area contributed by atoms with Crippen molar-refractivity contribution >= 4 is 28.9 Å². The largest absolute Gasteiger partial charge is 0.383 e. The number of nitrogens with zero attached hydrogens (tertiary/aromatic N) is 1. The van der Waals surface area contributed by atoms with Gasteiger partial charge in [-0.05, 0) is 18.4 Å². The van der Waals surface area contributed by atoms with E-state index in [1.165, 1.54) is 0 Å². The predicted molar refractivity (Wildman–Crippen MR) is 87.5 cm³/mol. The maximum absolute atomic E-state index is 12.3. The molecule has 0 aromatic carbocycles. The van der Waals surface area contributed by atoms with E-state index >= 15 is 0 Å². The lowest BCUT2D eigenvalue weighted by Gasteiger charge is -2.20. The topological polar surface area (TPSA) is 89.0 Å². The van der Waals surface area contributed by atoms with Gasteiger partial charge >= 0.3 is 0 Å². The number of nitrogens with one attached hydrogen (secondary N) is 2. The molecule has 1 aliphatic rings. The first-order valence-electron chi connectivity index (χ1n) is 7.38. The Morgan fingerprint density at radius 2 is 2.26 bits per heavy atom. The van der Waals surface area contributed by atoms with Crippen molar-refractivity contribution in [3.8, 4) is 0 Å². The Morgan fingerprint density at radius 3 is 2.96 bits per heavy atom. The number of thiophene rings is 1. The van der Waals surface area contributed by atoms with Gasteiger partial charge in [0.2, 0.25) is 11.5 Å². The Bertz CT molecular complexity index is 573. The predicted octanol–water partition coefficient (Wildman–Crippen LogP) is 0.900. The number of amides is 2. The number of carbonyl (C=O) groups excluding carboxylic acids is 2. The van der Waals surface area contributed by atoms with Crippen LogP contribution in [0, 0.1) is 0 Å². The van der Waals surface area contributed by atoms with Gasteiger partial charge in [-0.3, -0.25) is 9.59 Å². The first kappa shape index (κ1) is 17.4. The second-order valence-electron chi connectivity index (χ2n) is 5.36. The molecule has 1 unspecified atom stereocenters. The summed E-state index contributed by atoms with van der Waals surface area (Å²) in [4.78, 5) is 30.1. The smallest absolute Gasteiger partial charge is 0.267 e. The molecule has 1 aromatic heterocycles. The summed E-state index contributed by atoms with van der Waals surface area (Å²) >= 11 is 1.56. The van der Waals surface area contributed by atoms with Gasteiger partial charge in [0, 0.05) is 33.0 Å². The quantitative estimate of drug-likeness (QED) is 0.689. The monoisotopic (exact) mass is 339 g/mol. The standard InChI is InChI=1S/C15H21N3O4S/c1-15(10-11(18-22-15)12-4-3-9-23-12)14(20)17-6-5-13(19)16-7-8-21-2/h3-4,9H,5-8,10H2,1-2H3,(H,16,19)(H,17,20). The molecule has 1 atom stereocenters. The van der Waals surface area contributed by atoms with Crippen LogP contribution in [0.3, 0.4) is 0 Å². The van der Waals surface area contributed by atoms with Crippen LogP contribution in [0.1, 0.15) is 24.6 Å². The van der Waals surface area contributed by atoms with E-state index in [1.807, 2.05) is 17.5 Å². The summed E-state index contributed by atoms with van der Waals surface area (Å²) in [6.45, 7) is 2.88. The summed E-state index contributed by atoms with van der Waals surface area (Å²) in [5.74, 6) is -0.395. The summed E-state index contributed by atoms with van der Waals surface area (Å²) in [7, 11) is 1.57. The Labute approximate surface area is 139 Å². The number of hydrogen-bond acceptors (Lipinski definition) is 6. The average Bonchev–Trinajstić information content (AvgIpc) is 3.17. The summed E-state index contributed by atoms with van der Waals surface area (Å²) in [5, 5.41) is 11.4. The van der Waals surface area contributed by atoms with E-state index in [4.69, 9.17) is 9.57 Å². The minimum Gasteiger partial charge on any atom is -0.383 e. The number of carbonyl (C=O) groups is 2. The van der Waals surface area contributed by atoms with Gasteiger partial charge in [-0.25, -0.2) is 0 Å². The van der Waals surface area contributed by atoms with Crippen molar-refractivity contribution in [2.24, 2.45) is 5.16 Å². The van der Waals surface area contributed by atoms with Crippen molar-refractivity contribution in [3.63, 3.8) is 0 Å². The minimum absolute atomic E-state index is 0.129. The highest BCUT2D eigenvalue weighted by Gasteiger charge is 2.42. The van der Waals surface area contributed by atoms with E-state index in [1.54, 1.807) is 25.4 Å². The molecule has 2 amide bonds. The second kappa shape index (κ2) is 8.07. The van der Waals surface area contributed by atoms with E-state index in [0.717, 1.165) is 10.6 Å². The average molecular weight is 339 g/mol. The summed E-state index contributed by atoms with van der Waals surface area (Å²) < 4.78 is 4.84. The van der Waals surface area contributed by atoms with Crippen LogP contribution in [0.5, 0.6) is 0 Å². The molecule has 0 spiro atoms. The van der Waals surface area contributed by atoms with E-state index in [2.05, 4.69) is 15.8 Å². The molecule has 126 valence electrons. The molecule has 23 heavy (non-hydrogen) atoms. The lowest BCUT2D eigenvalue weighted by atomic mass is 9.98. The molecular formula is C15H21N3O4S. The molecule has 8 heteroatoms. The lowest BCUT2D eigenvalue weighted by Crippen LogP contribution is -2.45. The Hall–Kier alpha value is -1.93. The molecule has 0 saturated carbocycles. The van der Waals surface area contributed by atoms with Crippen molar-refractivity contribution in [3.05, 3.63) is 22.4 Å². The normalized spacial score (nSPS) is 19.8. The zero-order valence-electron chi connectivity index (χ0n) is 13.3. The van der Waals surface area contributed by atoms with E-state index in [9.17, 15) is 9.59 Å². The van der Waals surface area contributed by atoms with Crippen LogP contribution in [0.15, 0.2) is 22.7 Å². The molecule has 2 N–H and O–H groups in total. The van der Waals surface area contributed by atoms with Gasteiger partial charge in [0.25, 0.3) is 5.91 Å². The van der Waals surface area contributed by atoms with Gasteiger partial charge in [-0.15, -0.1) is 11.3 Å². The number of rotatable bonds is 8. The summed E-state index contributed by atoms with van der Waals surface area (Å²) in [6, 6.07) is 3.88. The molecule has 7 nitrogen and oxygen atoms in total. The van der Waals surface area contributed by atoms with Crippen LogP contribution >= 0.6 is 11.3 Å². The van der Waals surface area contributed by atoms with Gasteiger partial charge in [-0.1, -0.05) is 11.2 Å². The van der Waals surface area contributed by atoms with Crippen LogP contribution in [0.2, 0.25) is 0 Å². The molecule has 0 bridgehead atoms. The first-order chi connectivity index (χ1) is 11.0. The molecule has 1 aromatic rings. The fourth-order valence-electron chi connectivity index (χ4n) is 2.09. The highest BCUT2D eigenvalue weighted by molar-refractivity contribution is 7.12. The highest BCUT2D eigenvalue weighted by Crippen LogP contribution is 2.28. The van der Waals surface area contributed by atoms with Crippen molar-refractivity contribution < 1.29 is 19.2 Å². The maximum Gasteiger partial charge on any atom is 0.267 e. The zero-order chi connectivity index (χ0) is 16.7. The Kier molecular flexibility index (Phi) is 6.12. The molecule has 1 aliphatic heterocycles. The Morgan fingerprint density at radius 1 is 1.43 bits per heavy atom. The summed E-state index contributed by atoms with van der Waals surface area (Å²) in [6.07, 6.45) is 0.629. The van der Waals surface area contributed by atoms with Crippen molar-refractivity contribution in [1.29, 1.82) is 0 Å². The fourth-order valence-corrected chi connectivity index (χ4v) is 2.80. The van der Waals surface area contributed by atoms with Gasteiger partial charge in [-0.2, -0.15) is 0 Å². The van der Waals surface area contributed by atoms with Gasteiger partial charge < -0.3 is 20.2 Å². The van der Waals surface area contributed by atoms with Crippen molar-refractivity contribution in [2.45, 2.75) is 25.4 Å². The van der Waals surface area contributed by atoms with Crippen LogP contribution in [0.25, 0.3) is 0 Å². The molecule has 0 radical (unpaired) electrons. The lowest BCUT2D eigenvalue weighted by molar-refractivity contribution is -0.141. The third-order valence-corrected chi connectivity index (χ3v) is 4.33. The third kappa shape index (κ3) is 4.77. The van der Waals surface area contributed by atoms with E-state index < -0.39 is 5.60 Å². The fraction of sp³-hybridized carbons (Fsp3) is 0.533. The van der Waals surface area contributed by atoms with Crippen LogP contribution in [0.4, 0.5) is 0 Å². The van der Waals surface area contributed by atoms with E-state index in [0.29, 0.717) is 19.6 Å². The van der Waals surface area contributed by atoms with Gasteiger partial charge in [0.15, 0.2) is 0 Å². The van der Waals surface area contributed by atoms with Crippen LogP contribution in [-0.2, 0) is 19.2 Å². The minimum atomic E-state index is -1.02. The number of oxime groups is 1. The summed E-state index contributed by atoms with van der Waals surface area (Å²) in [5.41, 5.74) is -0.249. The number of hydrogen-bond donors (Lipinski definition) is 2.